The highest BCUT2D eigenvalue weighted by atomic mass is 16.5. The van der Waals surface area contributed by atoms with Gasteiger partial charge in [0.1, 0.15) is 5.75 Å². The van der Waals surface area contributed by atoms with E-state index in [1.807, 2.05) is 24.3 Å². The third-order valence-electron chi connectivity index (χ3n) is 3.35. The van der Waals surface area contributed by atoms with E-state index < -0.39 is 0 Å². The number of aliphatic hydroxyl groups excluding tert-OH is 1. The minimum absolute atomic E-state index is 0.357. The molecule has 0 aliphatic heterocycles. The monoisotopic (exact) mass is 250 g/mol. The van der Waals surface area contributed by atoms with Crippen molar-refractivity contribution in [1.29, 1.82) is 0 Å². The van der Waals surface area contributed by atoms with Gasteiger partial charge in [-0.3, -0.25) is 0 Å². The van der Waals surface area contributed by atoms with Crippen LogP contribution in [0.4, 0.5) is 0 Å². The van der Waals surface area contributed by atoms with Crippen molar-refractivity contribution in [2.45, 2.75) is 52.6 Å². The molecular formula is C16H26O2. The molecule has 0 aliphatic rings. The average molecular weight is 250 g/mol. The Morgan fingerprint density at radius 2 is 1.83 bits per heavy atom. The van der Waals surface area contributed by atoms with Crippen LogP contribution in [0.25, 0.3) is 0 Å². The van der Waals surface area contributed by atoms with Crippen LogP contribution >= 0.6 is 0 Å². The first kappa shape index (κ1) is 15.0. The molecule has 0 fully saturated rings. The summed E-state index contributed by atoms with van der Waals surface area (Å²) in [7, 11) is 0. The first-order valence-corrected chi connectivity index (χ1v) is 7.08. The van der Waals surface area contributed by atoms with E-state index in [2.05, 4.69) is 20.8 Å². The average Bonchev–Trinajstić information content (AvgIpc) is 2.39. The fraction of sp³-hybridized carbons (Fsp3) is 0.625. The van der Waals surface area contributed by atoms with Gasteiger partial charge in [0.2, 0.25) is 0 Å². The molecule has 0 aromatic heterocycles. The Balaban J connectivity index is 2.48. The molecule has 102 valence electrons. The molecule has 0 bridgehead atoms. The lowest BCUT2D eigenvalue weighted by Gasteiger charge is -2.15. The molecule has 0 heterocycles. The lowest BCUT2D eigenvalue weighted by Crippen LogP contribution is -2.04. The van der Waals surface area contributed by atoms with Gasteiger partial charge in [0.25, 0.3) is 0 Å². The molecule has 2 heteroatoms. The van der Waals surface area contributed by atoms with Crippen LogP contribution in [0.1, 0.15) is 58.1 Å². The van der Waals surface area contributed by atoms with E-state index in [1.165, 1.54) is 0 Å². The van der Waals surface area contributed by atoms with Crippen LogP contribution in [0, 0.1) is 5.92 Å². The molecule has 18 heavy (non-hydrogen) atoms. The quantitative estimate of drug-likeness (QED) is 0.696. The summed E-state index contributed by atoms with van der Waals surface area (Å²) in [5, 5.41) is 10.1. The Hall–Kier alpha value is -1.02. The van der Waals surface area contributed by atoms with Crippen molar-refractivity contribution in [2.24, 2.45) is 5.92 Å². The van der Waals surface area contributed by atoms with Crippen LogP contribution in [0.15, 0.2) is 24.3 Å². The van der Waals surface area contributed by atoms with Crippen molar-refractivity contribution < 1.29 is 9.84 Å². The number of hydrogen-bond acceptors (Lipinski definition) is 2. The summed E-state index contributed by atoms with van der Waals surface area (Å²) >= 11 is 0. The third-order valence-corrected chi connectivity index (χ3v) is 3.35. The second-order valence-corrected chi connectivity index (χ2v) is 5.04. The number of rotatable bonds is 8. The second kappa shape index (κ2) is 8.15. The molecule has 0 radical (unpaired) electrons. The SMILES string of the molecule is CCCCOc1ccc(C(O)CC(C)CC)cc1. The molecule has 0 aliphatic carbocycles. The van der Waals surface area contributed by atoms with Crippen LogP contribution in [0.3, 0.4) is 0 Å². The van der Waals surface area contributed by atoms with Gasteiger partial charge in [-0.1, -0.05) is 45.7 Å². The predicted molar refractivity (Wildman–Crippen MR) is 75.9 cm³/mol. The lowest BCUT2D eigenvalue weighted by atomic mass is 9.96. The van der Waals surface area contributed by atoms with Gasteiger partial charge in [0, 0.05) is 0 Å². The molecule has 1 aromatic rings. The van der Waals surface area contributed by atoms with Gasteiger partial charge in [-0.15, -0.1) is 0 Å². The molecule has 2 nitrogen and oxygen atoms in total. The lowest BCUT2D eigenvalue weighted by molar-refractivity contribution is 0.146. The van der Waals surface area contributed by atoms with E-state index in [9.17, 15) is 5.11 Å². The van der Waals surface area contributed by atoms with Crippen molar-refractivity contribution in [3.05, 3.63) is 29.8 Å². The molecular weight excluding hydrogens is 224 g/mol. The van der Waals surface area contributed by atoms with Gasteiger partial charge in [0.15, 0.2) is 0 Å². The number of aliphatic hydroxyl groups is 1. The van der Waals surface area contributed by atoms with Crippen molar-refractivity contribution in [2.75, 3.05) is 6.61 Å². The molecule has 0 saturated heterocycles. The number of benzene rings is 1. The highest BCUT2D eigenvalue weighted by Crippen LogP contribution is 2.24. The molecule has 0 spiro atoms. The maximum Gasteiger partial charge on any atom is 0.119 e. The zero-order valence-corrected chi connectivity index (χ0v) is 11.9. The molecule has 2 atom stereocenters. The van der Waals surface area contributed by atoms with E-state index in [0.29, 0.717) is 5.92 Å². The Morgan fingerprint density at radius 3 is 2.39 bits per heavy atom. The zero-order chi connectivity index (χ0) is 13.4. The standard InChI is InChI=1S/C16H26O2/c1-4-6-11-18-15-9-7-14(8-10-15)16(17)12-13(3)5-2/h7-10,13,16-17H,4-6,11-12H2,1-3H3. The zero-order valence-electron chi connectivity index (χ0n) is 11.9. The van der Waals surface area contributed by atoms with E-state index in [4.69, 9.17) is 4.74 Å². The minimum Gasteiger partial charge on any atom is -0.494 e. The molecule has 2 unspecified atom stereocenters. The third kappa shape index (κ3) is 5.09. The maximum absolute atomic E-state index is 10.1. The summed E-state index contributed by atoms with van der Waals surface area (Å²) in [4.78, 5) is 0. The normalized spacial score (nSPS) is 14.2. The van der Waals surface area contributed by atoms with Gasteiger partial charge < -0.3 is 9.84 Å². The number of unbranched alkanes of at least 4 members (excludes halogenated alkanes) is 1. The van der Waals surface area contributed by atoms with E-state index in [1.54, 1.807) is 0 Å². The number of ether oxygens (including phenoxy) is 1. The molecule has 1 aromatic carbocycles. The Kier molecular flexibility index (Phi) is 6.81. The van der Waals surface area contributed by atoms with E-state index >= 15 is 0 Å². The Bertz CT molecular complexity index is 318. The summed E-state index contributed by atoms with van der Waals surface area (Å²) in [5.41, 5.74) is 0.984. The van der Waals surface area contributed by atoms with Crippen molar-refractivity contribution in [3.8, 4) is 5.75 Å². The fourth-order valence-corrected chi connectivity index (χ4v) is 1.80. The van der Waals surface area contributed by atoms with Crippen molar-refractivity contribution in [1.82, 2.24) is 0 Å². The van der Waals surface area contributed by atoms with Gasteiger partial charge in [-0.2, -0.15) is 0 Å². The largest absolute Gasteiger partial charge is 0.494 e. The van der Waals surface area contributed by atoms with Crippen molar-refractivity contribution in [3.63, 3.8) is 0 Å². The predicted octanol–water partition coefficient (Wildman–Crippen LogP) is 4.34. The van der Waals surface area contributed by atoms with Gasteiger partial charge in [-0.25, -0.2) is 0 Å². The first-order valence-electron chi connectivity index (χ1n) is 7.08. The van der Waals surface area contributed by atoms with Gasteiger partial charge >= 0.3 is 0 Å². The first-order chi connectivity index (χ1) is 8.67. The fourth-order valence-electron chi connectivity index (χ4n) is 1.80. The van der Waals surface area contributed by atoms with Crippen LogP contribution < -0.4 is 4.74 Å². The Labute approximate surface area is 111 Å². The summed E-state index contributed by atoms with van der Waals surface area (Å²) in [6, 6.07) is 7.83. The molecule has 0 saturated carbocycles. The van der Waals surface area contributed by atoms with E-state index in [0.717, 1.165) is 43.6 Å². The van der Waals surface area contributed by atoms with Gasteiger partial charge in [0.05, 0.1) is 12.7 Å². The van der Waals surface area contributed by atoms with Crippen LogP contribution in [0.2, 0.25) is 0 Å². The molecule has 0 amide bonds. The summed E-state index contributed by atoms with van der Waals surface area (Å²) in [6.45, 7) is 7.25. The van der Waals surface area contributed by atoms with Crippen molar-refractivity contribution >= 4 is 0 Å². The summed E-state index contributed by atoms with van der Waals surface area (Å²) in [5.74, 6) is 1.45. The molecule has 1 N–H and O–H groups in total. The minimum atomic E-state index is -0.357. The molecule has 1 rings (SSSR count). The maximum atomic E-state index is 10.1. The van der Waals surface area contributed by atoms with Crippen LogP contribution in [0.5, 0.6) is 5.75 Å². The smallest absolute Gasteiger partial charge is 0.119 e. The number of hydrogen-bond donors (Lipinski definition) is 1. The topological polar surface area (TPSA) is 29.5 Å². The van der Waals surface area contributed by atoms with Gasteiger partial charge in [-0.05, 0) is 36.5 Å². The van der Waals surface area contributed by atoms with E-state index in [-0.39, 0.29) is 6.10 Å². The highest BCUT2D eigenvalue weighted by Gasteiger charge is 2.11. The van der Waals surface area contributed by atoms with Crippen LogP contribution in [-0.4, -0.2) is 11.7 Å². The van der Waals surface area contributed by atoms with Crippen LogP contribution in [-0.2, 0) is 0 Å². The highest BCUT2D eigenvalue weighted by molar-refractivity contribution is 5.28. The Morgan fingerprint density at radius 1 is 1.17 bits per heavy atom. The summed E-state index contributed by atoms with van der Waals surface area (Å²) < 4.78 is 5.60. The second-order valence-electron chi connectivity index (χ2n) is 5.04. The summed E-state index contributed by atoms with van der Waals surface area (Å²) in [6.07, 6.45) is 3.80.